The minimum absolute atomic E-state index is 0. The van der Waals surface area contributed by atoms with E-state index in [2.05, 4.69) is 30.1 Å². The van der Waals surface area contributed by atoms with Crippen LogP contribution in [0.4, 0.5) is 10.6 Å². The monoisotopic (exact) mass is 299 g/mol. The van der Waals surface area contributed by atoms with Gasteiger partial charge in [0.05, 0.1) is 13.2 Å². The molecule has 1 atom stereocenters. The van der Waals surface area contributed by atoms with Crippen LogP contribution in [-0.2, 0) is 4.74 Å². The van der Waals surface area contributed by atoms with Gasteiger partial charge in [-0.05, 0) is 6.92 Å². The van der Waals surface area contributed by atoms with E-state index in [9.17, 15) is 4.79 Å². The van der Waals surface area contributed by atoms with Gasteiger partial charge in [0.1, 0.15) is 18.5 Å². The molecule has 1 amide bonds. The van der Waals surface area contributed by atoms with E-state index in [4.69, 9.17) is 5.73 Å². The van der Waals surface area contributed by atoms with E-state index in [1.54, 1.807) is 6.92 Å². The number of hydrogen-bond donors (Lipinski definition) is 2. The number of hydrogen-bond acceptors (Lipinski definition) is 7. The van der Waals surface area contributed by atoms with Gasteiger partial charge in [-0.2, -0.15) is 9.78 Å². The molecular formula is C10H14ClN7O2. The molecule has 2 aromatic heterocycles. The fourth-order valence-corrected chi connectivity index (χ4v) is 1.42. The van der Waals surface area contributed by atoms with Gasteiger partial charge in [-0.15, -0.1) is 12.4 Å². The Bertz CT molecular complexity index is 586. The second-order valence-electron chi connectivity index (χ2n) is 3.70. The molecule has 9 nitrogen and oxygen atoms in total. The maximum Gasteiger partial charge on any atom is 0.412 e. The Hall–Kier alpha value is -2.26. The van der Waals surface area contributed by atoms with Gasteiger partial charge in [-0.1, -0.05) is 0 Å². The zero-order valence-corrected chi connectivity index (χ0v) is 11.7. The number of nitrogens with one attached hydrogen (secondary N) is 1. The summed E-state index contributed by atoms with van der Waals surface area (Å²) in [4.78, 5) is 23.1. The summed E-state index contributed by atoms with van der Waals surface area (Å²) in [7, 11) is 1.27. The number of carbonyl (C=O) groups is 1. The molecule has 0 aliphatic rings. The standard InChI is InChI=1S/C10H13N7O2.ClH/c1-6(11)9-14-5-15-17(9)8-3-7(12-4-13-8)16-10(18)19-2;/h3-6H,11H2,1-2H3,(H,12,13,16,18);1H/t6-;/m0./s1. The summed E-state index contributed by atoms with van der Waals surface area (Å²) in [6.45, 7) is 1.79. The van der Waals surface area contributed by atoms with Crippen LogP contribution in [0.3, 0.4) is 0 Å². The fraction of sp³-hybridized carbons (Fsp3) is 0.300. The second-order valence-corrected chi connectivity index (χ2v) is 3.70. The van der Waals surface area contributed by atoms with Crippen molar-refractivity contribution in [2.24, 2.45) is 5.73 Å². The third-order valence-electron chi connectivity index (χ3n) is 2.27. The summed E-state index contributed by atoms with van der Waals surface area (Å²) in [6.07, 6.45) is 2.07. The lowest BCUT2D eigenvalue weighted by Crippen LogP contribution is -2.16. The van der Waals surface area contributed by atoms with Crippen molar-refractivity contribution in [3.8, 4) is 5.82 Å². The molecule has 0 spiro atoms. The maximum atomic E-state index is 11.1. The highest BCUT2D eigenvalue weighted by molar-refractivity contribution is 5.85. The first-order valence-electron chi connectivity index (χ1n) is 5.44. The van der Waals surface area contributed by atoms with Crippen molar-refractivity contribution in [2.75, 3.05) is 12.4 Å². The Morgan fingerprint density at radius 2 is 2.15 bits per heavy atom. The number of aromatic nitrogens is 5. The highest BCUT2D eigenvalue weighted by atomic mass is 35.5. The van der Waals surface area contributed by atoms with Crippen LogP contribution in [0.1, 0.15) is 18.8 Å². The van der Waals surface area contributed by atoms with Crippen LogP contribution in [0.25, 0.3) is 5.82 Å². The number of ether oxygens (including phenoxy) is 1. The predicted molar refractivity (Wildman–Crippen MR) is 72.8 cm³/mol. The molecule has 0 bridgehead atoms. The van der Waals surface area contributed by atoms with Gasteiger partial charge in [-0.25, -0.2) is 19.7 Å². The predicted octanol–water partition coefficient (Wildman–Crippen LogP) is 0.677. The van der Waals surface area contributed by atoms with E-state index in [0.717, 1.165) is 0 Å². The zero-order chi connectivity index (χ0) is 13.8. The first-order valence-corrected chi connectivity index (χ1v) is 5.44. The molecule has 3 N–H and O–H groups in total. The molecule has 0 radical (unpaired) electrons. The molecule has 2 rings (SSSR count). The van der Waals surface area contributed by atoms with Gasteiger partial charge in [-0.3, -0.25) is 5.32 Å². The molecule has 0 aliphatic heterocycles. The van der Waals surface area contributed by atoms with E-state index in [-0.39, 0.29) is 18.4 Å². The Labute approximate surface area is 121 Å². The third kappa shape index (κ3) is 3.39. The third-order valence-corrected chi connectivity index (χ3v) is 2.27. The number of nitrogens with two attached hydrogens (primary N) is 1. The number of rotatable bonds is 3. The van der Waals surface area contributed by atoms with Crippen molar-refractivity contribution in [1.82, 2.24) is 24.7 Å². The molecule has 0 aliphatic carbocycles. The van der Waals surface area contributed by atoms with E-state index < -0.39 is 6.09 Å². The minimum atomic E-state index is -0.615. The zero-order valence-electron chi connectivity index (χ0n) is 10.8. The number of nitrogens with zero attached hydrogens (tertiary/aromatic N) is 5. The normalized spacial score (nSPS) is 11.3. The average molecular weight is 300 g/mol. The van der Waals surface area contributed by atoms with E-state index in [1.807, 2.05) is 0 Å². The van der Waals surface area contributed by atoms with Crippen molar-refractivity contribution >= 4 is 24.3 Å². The van der Waals surface area contributed by atoms with Crippen LogP contribution in [0.2, 0.25) is 0 Å². The van der Waals surface area contributed by atoms with E-state index in [1.165, 1.54) is 30.5 Å². The summed E-state index contributed by atoms with van der Waals surface area (Å²) >= 11 is 0. The molecule has 0 saturated carbocycles. The SMILES string of the molecule is COC(=O)Nc1cc(-n2ncnc2[C@H](C)N)ncn1.Cl. The molecular weight excluding hydrogens is 286 g/mol. The summed E-state index contributed by atoms with van der Waals surface area (Å²) in [6, 6.07) is 1.24. The van der Waals surface area contributed by atoms with E-state index >= 15 is 0 Å². The summed E-state index contributed by atoms with van der Waals surface area (Å²) in [5.74, 6) is 1.30. The Morgan fingerprint density at radius 1 is 1.40 bits per heavy atom. The highest BCUT2D eigenvalue weighted by Gasteiger charge is 2.12. The summed E-state index contributed by atoms with van der Waals surface area (Å²) in [5.41, 5.74) is 5.78. The quantitative estimate of drug-likeness (QED) is 0.854. The van der Waals surface area contributed by atoms with Crippen LogP contribution in [-0.4, -0.2) is 37.9 Å². The Balaban J connectivity index is 0.00000200. The van der Waals surface area contributed by atoms with Gasteiger partial charge >= 0.3 is 6.09 Å². The lowest BCUT2D eigenvalue weighted by atomic mass is 10.3. The fourth-order valence-electron chi connectivity index (χ4n) is 1.42. The number of halogens is 1. The van der Waals surface area contributed by atoms with Crippen LogP contribution >= 0.6 is 12.4 Å². The van der Waals surface area contributed by atoms with Crippen LogP contribution in [0.15, 0.2) is 18.7 Å². The van der Waals surface area contributed by atoms with Crippen molar-refractivity contribution in [3.63, 3.8) is 0 Å². The highest BCUT2D eigenvalue weighted by Crippen LogP contribution is 2.13. The molecule has 2 aromatic rings. The topological polar surface area (TPSA) is 121 Å². The van der Waals surface area contributed by atoms with Crippen molar-refractivity contribution in [1.29, 1.82) is 0 Å². The van der Waals surface area contributed by atoms with Crippen LogP contribution in [0, 0.1) is 0 Å². The lowest BCUT2D eigenvalue weighted by Gasteiger charge is -2.08. The van der Waals surface area contributed by atoms with Gasteiger partial charge in [0.25, 0.3) is 0 Å². The molecule has 0 aromatic carbocycles. The number of anilines is 1. The smallest absolute Gasteiger partial charge is 0.412 e. The molecule has 108 valence electrons. The molecule has 2 heterocycles. The van der Waals surface area contributed by atoms with Crippen LogP contribution < -0.4 is 11.1 Å². The van der Waals surface area contributed by atoms with Crippen molar-refractivity contribution in [3.05, 3.63) is 24.5 Å². The van der Waals surface area contributed by atoms with Crippen molar-refractivity contribution < 1.29 is 9.53 Å². The van der Waals surface area contributed by atoms with E-state index in [0.29, 0.717) is 17.5 Å². The molecule has 0 saturated heterocycles. The second kappa shape index (κ2) is 6.78. The molecule has 0 fully saturated rings. The Kier molecular flexibility index (Phi) is 5.35. The Morgan fingerprint density at radius 3 is 2.80 bits per heavy atom. The number of methoxy groups -OCH3 is 1. The van der Waals surface area contributed by atoms with Gasteiger partial charge in [0.2, 0.25) is 0 Å². The largest absolute Gasteiger partial charge is 0.453 e. The van der Waals surface area contributed by atoms with Gasteiger partial charge in [0, 0.05) is 6.07 Å². The first kappa shape index (κ1) is 15.8. The molecule has 10 heteroatoms. The summed E-state index contributed by atoms with van der Waals surface area (Å²) < 4.78 is 5.96. The first-order chi connectivity index (χ1) is 9.11. The average Bonchev–Trinajstić information content (AvgIpc) is 2.88. The van der Waals surface area contributed by atoms with Crippen LogP contribution in [0.5, 0.6) is 0 Å². The number of carbonyl (C=O) groups excluding carboxylic acids is 1. The van der Waals surface area contributed by atoms with Gasteiger partial charge in [0.15, 0.2) is 11.6 Å². The lowest BCUT2D eigenvalue weighted by molar-refractivity contribution is 0.187. The molecule has 0 unspecified atom stereocenters. The van der Waals surface area contributed by atoms with Crippen molar-refractivity contribution in [2.45, 2.75) is 13.0 Å². The number of amides is 1. The minimum Gasteiger partial charge on any atom is -0.453 e. The summed E-state index contributed by atoms with van der Waals surface area (Å²) in [5, 5.41) is 6.48. The maximum absolute atomic E-state index is 11.1. The molecule has 20 heavy (non-hydrogen) atoms. The van der Waals surface area contributed by atoms with Gasteiger partial charge < -0.3 is 10.5 Å².